The van der Waals surface area contributed by atoms with E-state index in [0.717, 1.165) is 51.6 Å². The van der Waals surface area contributed by atoms with Crippen molar-refractivity contribution in [3.63, 3.8) is 0 Å². The van der Waals surface area contributed by atoms with Crippen LogP contribution >= 0.6 is 23.6 Å². The largest absolute Gasteiger partial charge is 0.491 e. The average molecular weight is 1030 g/mol. The highest BCUT2D eigenvalue weighted by Gasteiger charge is 2.52. The lowest BCUT2D eigenvalue weighted by Gasteiger charge is -2.39. The van der Waals surface area contributed by atoms with Gasteiger partial charge in [0.15, 0.2) is 28.3 Å². The van der Waals surface area contributed by atoms with Gasteiger partial charge in [0.1, 0.15) is 35.6 Å². The number of likely N-dealkylation sites (N-methyl/N-ethyl adjacent to an activating group) is 1. The summed E-state index contributed by atoms with van der Waals surface area (Å²) >= 11 is 6.94. The zero-order valence-electron chi connectivity index (χ0n) is 39.7. The van der Waals surface area contributed by atoms with Gasteiger partial charge in [-0.25, -0.2) is 18.2 Å². The van der Waals surface area contributed by atoms with E-state index in [-0.39, 0.29) is 61.1 Å². The number of aromatic nitrogens is 2. The minimum Gasteiger partial charge on any atom is -0.491 e. The normalized spacial score (nSPS) is 19.5. The second-order valence-corrected chi connectivity index (χ2v) is 20.1. The third kappa shape index (κ3) is 10.5. The van der Waals surface area contributed by atoms with Gasteiger partial charge in [0.2, 0.25) is 11.8 Å². The van der Waals surface area contributed by atoms with Gasteiger partial charge >= 0.3 is 6.18 Å². The molecular weight excluding hydrogens is 977 g/mol. The van der Waals surface area contributed by atoms with Crippen LogP contribution < -0.4 is 25.2 Å². The highest BCUT2D eigenvalue weighted by Crippen LogP contribution is 2.43. The van der Waals surface area contributed by atoms with E-state index < -0.39 is 86.5 Å². The fourth-order valence-corrected chi connectivity index (χ4v) is 10.2. The number of anilines is 2. The van der Waals surface area contributed by atoms with Crippen molar-refractivity contribution in [2.45, 2.75) is 96.9 Å². The number of β-amino-alcohol motifs (C(OH)–C–C–N with tert-alkyl or cyclic N) is 1. The number of nitrogens with zero attached hydrogens (tertiary/aromatic N) is 7. The number of nitriles is 1. The number of aryl methyl sites for hydroxylation is 1. The van der Waals surface area contributed by atoms with Crippen molar-refractivity contribution in [1.29, 1.82) is 5.26 Å². The van der Waals surface area contributed by atoms with Crippen molar-refractivity contribution in [2.24, 2.45) is 5.41 Å². The van der Waals surface area contributed by atoms with Crippen LogP contribution in [0.15, 0.2) is 54.3 Å². The molecule has 2 fully saturated rings. The van der Waals surface area contributed by atoms with Crippen LogP contribution in [0.4, 0.5) is 37.7 Å². The Morgan fingerprint density at radius 2 is 1.80 bits per heavy atom. The summed E-state index contributed by atoms with van der Waals surface area (Å²) in [5.41, 5.74) is -2.85. The number of halogens is 6. The first-order valence-corrected chi connectivity index (χ1v) is 23.7. The van der Waals surface area contributed by atoms with Crippen molar-refractivity contribution < 1.29 is 55.3 Å². The van der Waals surface area contributed by atoms with E-state index >= 15 is 13.2 Å². The molecule has 2 aromatic heterocycles. The van der Waals surface area contributed by atoms with Gasteiger partial charge in [0.05, 0.1) is 69.7 Å². The van der Waals surface area contributed by atoms with Gasteiger partial charge in [0, 0.05) is 38.0 Å². The number of aliphatic hydroxyl groups is 1. The number of carbonyl (C=O) groups excluding carboxylic acids is 3. The first kappa shape index (κ1) is 52.5. The highest BCUT2D eigenvalue weighted by molar-refractivity contribution is 7.81. The van der Waals surface area contributed by atoms with Crippen molar-refractivity contribution in [3.8, 4) is 23.1 Å². The Bertz CT molecular complexity index is 2810. The number of likely N-dealkylation sites (tertiary alicyclic amines) is 1. The SMILES string of the molecule is Cc1ncsc1C1=CNC([C@@H]2C[C@@H](O)CN2C(=O)[C@@H](NC(=O)COCCCCOc2ccc(-c3ncc(N4C(=S)N(c5ccc(C#N)c(C(F)(F)F)c5F)C(=O)C4(C)C)cc3F)cc2F)C(C)(C)C)N1C. The predicted octanol–water partition coefficient (Wildman–Crippen LogP) is 7.27. The summed E-state index contributed by atoms with van der Waals surface area (Å²) in [6.45, 7) is 10.2. The number of pyridine rings is 1. The number of ether oxygens (including phenoxy) is 2. The molecule has 2 aromatic carbocycles. The lowest BCUT2D eigenvalue weighted by molar-refractivity contribution is -0.142. The van der Waals surface area contributed by atoms with Crippen LogP contribution in [0.3, 0.4) is 0 Å². The summed E-state index contributed by atoms with van der Waals surface area (Å²) in [6.07, 6.45) is -2.13. The van der Waals surface area contributed by atoms with Gasteiger partial charge in [-0.1, -0.05) is 20.8 Å². The van der Waals surface area contributed by atoms with Crippen LogP contribution in [0, 0.1) is 41.1 Å². The van der Waals surface area contributed by atoms with Crippen LogP contribution in [-0.4, -0.2) is 111 Å². The van der Waals surface area contributed by atoms with E-state index in [4.69, 9.17) is 27.0 Å². The van der Waals surface area contributed by atoms with E-state index in [1.165, 1.54) is 43.4 Å². The topological polar surface area (TPSA) is 176 Å². The Hall–Kier alpha value is -6.35. The Balaban J connectivity index is 0.895. The average Bonchev–Trinajstić information content (AvgIpc) is 4.04. The number of aliphatic hydroxyl groups excluding tert-OH is 1. The number of amides is 3. The fraction of sp³-hybridized carbons (Fsp3) is 0.438. The first-order valence-electron chi connectivity index (χ1n) is 22.4. The number of nitrogens with one attached hydrogen (secondary N) is 2. The quantitative estimate of drug-likeness (QED) is 0.0617. The molecule has 23 heteroatoms. The summed E-state index contributed by atoms with van der Waals surface area (Å²) in [4.78, 5) is 55.7. The molecule has 7 rings (SSSR count). The number of rotatable bonds is 15. The van der Waals surface area contributed by atoms with E-state index in [9.17, 15) is 32.7 Å². The molecular formula is C48H51F6N9O6S2. The molecule has 0 radical (unpaired) electrons. The zero-order chi connectivity index (χ0) is 51.9. The van der Waals surface area contributed by atoms with Gasteiger partial charge < -0.3 is 39.9 Å². The summed E-state index contributed by atoms with van der Waals surface area (Å²) in [5.74, 6) is -5.58. The standard InChI is InChI=1S/C48H51F6N9O6S2/c1-25-40(71-24-58-25)34-21-57-42(60(34)7)33-18-29(64)22-61(33)43(66)41(46(2,3)4)59-36(65)23-68-14-8-9-15-69-35-13-11-26(16-30(35)49)39-31(50)17-28(20-56-39)63-45(70)62(44(67)47(63,5)6)32-12-10-27(19-55)37(38(32)51)48(52,53)54/h10-13,16-17,20-21,24,29,33,41-42,57,64H,8-9,14-15,18,22-23H2,1-7H3,(H,59,65)/t29-,33+,41-,42?/m1/s1. The predicted molar refractivity (Wildman–Crippen MR) is 255 cm³/mol. The second kappa shape index (κ2) is 20.4. The molecule has 3 aliphatic heterocycles. The lowest BCUT2D eigenvalue weighted by Crippen LogP contribution is -2.59. The van der Waals surface area contributed by atoms with Crippen LogP contribution in [0.5, 0.6) is 5.75 Å². The highest BCUT2D eigenvalue weighted by atomic mass is 32.1. The van der Waals surface area contributed by atoms with Crippen LogP contribution in [0.25, 0.3) is 17.0 Å². The van der Waals surface area contributed by atoms with Gasteiger partial charge in [0.25, 0.3) is 5.91 Å². The Labute approximate surface area is 415 Å². The lowest BCUT2D eigenvalue weighted by atomic mass is 9.85. The summed E-state index contributed by atoms with van der Waals surface area (Å²) in [5, 5.41) is 25.6. The van der Waals surface area contributed by atoms with Crippen molar-refractivity contribution in [1.82, 2.24) is 30.4 Å². The third-order valence-electron chi connectivity index (χ3n) is 12.5. The van der Waals surface area contributed by atoms with Crippen molar-refractivity contribution in [3.05, 3.63) is 93.5 Å². The van der Waals surface area contributed by atoms with Crippen LogP contribution in [0.1, 0.15) is 75.6 Å². The molecule has 3 aliphatic rings. The molecule has 3 amide bonds. The monoisotopic (exact) mass is 1030 g/mol. The molecule has 4 aromatic rings. The molecule has 4 atom stereocenters. The molecule has 3 N–H and O–H groups in total. The number of unbranched alkanes of at least 4 members (excludes halogenated alkanes) is 1. The van der Waals surface area contributed by atoms with Gasteiger partial charge in [-0.2, -0.15) is 18.4 Å². The van der Waals surface area contributed by atoms with Crippen LogP contribution in [0.2, 0.25) is 0 Å². The van der Waals surface area contributed by atoms with E-state index in [2.05, 4.69) is 20.6 Å². The number of carbonyl (C=O) groups is 3. The van der Waals surface area contributed by atoms with Crippen molar-refractivity contribution in [2.75, 3.05) is 43.2 Å². The molecule has 0 spiro atoms. The maximum absolute atomic E-state index is 15.7. The Morgan fingerprint density at radius 3 is 2.44 bits per heavy atom. The molecule has 0 aliphatic carbocycles. The molecule has 71 heavy (non-hydrogen) atoms. The number of benzene rings is 2. The Kier molecular flexibility index (Phi) is 15.1. The number of thiocarbonyl (C=S) groups is 1. The molecule has 378 valence electrons. The van der Waals surface area contributed by atoms with E-state index in [1.54, 1.807) is 10.4 Å². The molecule has 1 unspecified atom stereocenters. The molecule has 0 saturated carbocycles. The van der Waals surface area contributed by atoms with E-state index in [1.807, 2.05) is 45.8 Å². The molecule has 0 bridgehead atoms. The van der Waals surface area contributed by atoms with E-state index in [0.29, 0.717) is 24.2 Å². The fourth-order valence-electron chi connectivity index (χ4n) is 8.81. The summed E-state index contributed by atoms with van der Waals surface area (Å²) in [6, 6.07) is 6.14. The zero-order valence-corrected chi connectivity index (χ0v) is 41.3. The number of hydrogen-bond acceptors (Lipinski definition) is 13. The molecule has 5 heterocycles. The third-order valence-corrected chi connectivity index (χ3v) is 13.8. The smallest absolute Gasteiger partial charge is 0.420 e. The maximum atomic E-state index is 15.7. The van der Waals surface area contributed by atoms with Crippen molar-refractivity contribution >= 4 is 63.5 Å². The van der Waals surface area contributed by atoms with Crippen LogP contribution in [-0.2, 0) is 25.3 Å². The molecule has 2 saturated heterocycles. The maximum Gasteiger partial charge on any atom is 0.420 e. The first-order chi connectivity index (χ1) is 33.4. The second-order valence-electron chi connectivity index (χ2n) is 18.9. The number of alkyl halides is 3. The van der Waals surface area contributed by atoms with Gasteiger partial charge in [-0.3, -0.25) is 24.3 Å². The van der Waals surface area contributed by atoms with Gasteiger partial charge in [-0.05, 0) is 88.0 Å². The molecule has 15 nitrogen and oxygen atoms in total. The summed E-state index contributed by atoms with van der Waals surface area (Å²) < 4.78 is 99.0. The number of thiazole rings is 1. The van der Waals surface area contributed by atoms with Gasteiger partial charge in [-0.15, -0.1) is 11.3 Å². The minimum atomic E-state index is -5.27. The summed E-state index contributed by atoms with van der Waals surface area (Å²) in [7, 11) is 1.92. The Morgan fingerprint density at radius 1 is 1.08 bits per heavy atom. The number of hydrogen-bond donors (Lipinski definition) is 3. The minimum absolute atomic E-state index is 0.0197.